The van der Waals surface area contributed by atoms with Crippen molar-refractivity contribution < 1.29 is 23.4 Å². The molecule has 168 valence electrons. The molecule has 2 heterocycles. The fraction of sp³-hybridized carbons (Fsp3) is 0.667. The van der Waals surface area contributed by atoms with Gasteiger partial charge in [-0.3, -0.25) is 4.79 Å². The van der Waals surface area contributed by atoms with Crippen LogP contribution in [0.15, 0.2) is 22.7 Å². The Morgan fingerprint density at radius 3 is 2.37 bits per heavy atom. The maximum Gasteiger partial charge on any atom is 0.225 e. The number of aromatic hydroxyl groups is 1. The summed E-state index contributed by atoms with van der Waals surface area (Å²) in [6, 6.07) is 5.29. The normalized spacial score (nSPS) is 22.1. The van der Waals surface area contributed by atoms with Crippen LogP contribution in [0.3, 0.4) is 0 Å². The zero-order chi connectivity index (χ0) is 22.1. The number of piperidine rings is 2. The number of hydrogen-bond acceptors (Lipinski definition) is 5. The standard InChI is InChI=1S/C21H31BrN2O5S/c1-15(13-16-3-4-19(25)18(22)14-16)20(26)23-9-5-17(6-10-23)21(27)7-11-24(12-8-21)30(2,28)29/h3-4,14-15,17,25,27H,5-13H2,1-2H3/t15-/m1/s1. The van der Waals surface area contributed by atoms with Crippen molar-refractivity contribution >= 4 is 31.9 Å². The molecule has 0 saturated carbocycles. The number of phenolic OH excluding ortho intramolecular Hbond substituents is 1. The first-order valence-electron chi connectivity index (χ1n) is 10.4. The van der Waals surface area contributed by atoms with Crippen molar-refractivity contribution in [1.29, 1.82) is 0 Å². The van der Waals surface area contributed by atoms with Crippen LogP contribution in [0.4, 0.5) is 0 Å². The lowest BCUT2D eigenvalue weighted by Crippen LogP contribution is -2.53. The number of amides is 1. The highest BCUT2D eigenvalue weighted by Gasteiger charge is 2.43. The molecular formula is C21H31BrN2O5S. The van der Waals surface area contributed by atoms with Crippen molar-refractivity contribution in [2.45, 2.75) is 44.6 Å². The Hall–Kier alpha value is -1.16. The van der Waals surface area contributed by atoms with Crippen LogP contribution in [-0.4, -0.2) is 71.8 Å². The second-order valence-electron chi connectivity index (χ2n) is 8.76. The van der Waals surface area contributed by atoms with E-state index in [0.717, 1.165) is 18.4 Å². The molecule has 30 heavy (non-hydrogen) atoms. The summed E-state index contributed by atoms with van der Waals surface area (Å²) in [4.78, 5) is 14.8. The Labute approximate surface area is 187 Å². The smallest absolute Gasteiger partial charge is 0.225 e. The van der Waals surface area contributed by atoms with E-state index in [2.05, 4.69) is 15.9 Å². The second-order valence-corrected chi connectivity index (χ2v) is 11.6. The minimum Gasteiger partial charge on any atom is -0.507 e. The Balaban J connectivity index is 1.52. The molecule has 1 amide bonds. The first-order chi connectivity index (χ1) is 14.0. The fourth-order valence-electron chi connectivity index (χ4n) is 4.68. The number of hydrogen-bond donors (Lipinski definition) is 2. The van der Waals surface area contributed by atoms with E-state index in [0.29, 0.717) is 49.9 Å². The van der Waals surface area contributed by atoms with E-state index in [1.807, 2.05) is 24.0 Å². The van der Waals surface area contributed by atoms with Gasteiger partial charge in [-0.1, -0.05) is 13.0 Å². The number of sulfonamides is 1. The first-order valence-corrected chi connectivity index (χ1v) is 13.1. The van der Waals surface area contributed by atoms with Crippen molar-refractivity contribution in [3.8, 4) is 5.75 Å². The number of nitrogens with zero attached hydrogens (tertiary/aromatic N) is 2. The van der Waals surface area contributed by atoms with E-state index in [9.17, 15) is 23.4 Å². The maximum atomic E-state index is 12.9. The molecular weight excluding hydrogens is 472 g/mol. The molecule has 7 nitrogen and oxygen atoms in total. The first kappa shape index (κ1) is 23.5. The van der Waals surface area contributed by atoms with Gasteiger partial charge in [0.1, 0.15) is 5.75 Å². The van der Waals surface area contributed by atoms with Gasteiger partial charge in [0.05, 0.1) is 16.3 Å². The molecule has 3 rings (SSSR count). The fourth-order valence-corrected chi connectivity index (χ4v) is 5.95. The van der Waals surface area contributed by atoms with Crippen LogP contribution in [0.1, 0.15) is 38.2 Å². The monoisotopic (exact) mass is 502 g/mol. The summed E-state index contributed by atoms with van der Waals surface area (Å²) in [5, 5.41) is 20.7. The number of halogens is 1. The molecule has 0 radical (unpaired) electrons. The van der Waals surface area contributed by atoms with Gasteiger partial charge in [-0.25, -0.2) is 12.7 Å². The van der Waals surface area contributed by atoms with E-state index in [1.165, 1.54) is 10.6 Å². The van der Waals surface area contributed by atoms with E-state index < -0.39 is 15.6 Å². The zero-order valence-electron chi connectivity index (χ0n) is 17.6. The molecule has 0 spiro atoms. The van der Waals surface area contributed by atoms with Crippen LogP contribution >= 0.6 is 15.9 Å². The van der Waals surface area contributed by atoms with Gasteiger partial charge in [0.25, 0.3) is 0 Å². The number of aliphatic hydroxyl groups is 1. The van der Waals surface area contributed by atoms with Crippen molar-refractivity contribution in [2.75, 3.05) is 32.4 Å². The summed E-state index contributed by atoms with van der Waals surface area (Å²) < 4.78 is 25.5. The van der Waals surface area contributed by atoms with Crippen LogP contribution in [0.5, 0.6) is 5.75 Å². The summed E-state index contributed by atoms with van der Waals surface area (Å²) in [6.45, 7) is 3.86. The third-order valence-electron chi connectivity index (χ3n) is 6.60. The van der Waals surface area contributed by atoms with Gasteiger partial charge in [-0.15, -0.1) is 0 Å². The topological polar surface area (TPSA) is 98.1 Å². The number of phenols is 1. The van der Waals surface area contributed by atoms with E-state index in [1.54, 1.807) is 6.07 Å². The molecule has 2 aliphatic rings. The Kier molecular flexibility index (Phi) is 7.16. The van der Waals surface area contributed by atoms with Crippen molar-refractivity contribution in [2.24, 2.45) is 11.8 Å². The predicted octanol–water partition coefficient (Wildman–Crippen LogP) is 2.36. The second kappa shape index (κ2) is 9.14. The minimum atomic E-state index is -3.21. The Morgan fingerprint density at radius 2 is 1.83 bits per heavy atom. The average Bonchev–Trinajstić information content (AvgIpc) is 2.70. The molecule has 0 unspecified atom stereocenters. The van der Waals surface area contributed by atoms with Crippen LogP contribution < -0.4 is 0 Å². The molecule has 9 heteroatoms. The van der Waals surface area contributed by atoms with E-state index in [-0.39, 0.29) is 23.5 Å². The van der Waals surface area contributed by atoms with Crippen LogP contribution in [0.25, 0.3) is 0 Å². The van der Waals surface area contributed by atoms with Crippen LogP contribution in [-0.2, 0) is 21.2 Å². The molecule has 0 aliphatic carbocycles. The number of rotatable bonds is 5. The summed E-state index contributed by atoms with van der Waals surface area (Å²) in [5.41, 5.74) is 0.141. The predicted molar refractivity (Wildman–Crippen MR) is 119 cm³/mol. The lowest BCUT2D eigenvalue weighted by atomic mass is 9.75. The molecule has 2 aliphatic heterocycles. The number of carbonyl (C=O) groups is 1. The number of likely N-dealkylation sites (tertiary alicyclic amines) is 1. The summed E-state index contributed by atoms with van der Waals surface area (Å²) >= 11 is 3.31. The third-order valence-corrected chi connectivity index (χ3v) is 8.54. The minimum absolute atomic E-state index is 0.0895. The summed E-state index contributed by atoms with van der Waals surface area (Å²) in [5.74, 6) is 0.210. The summed E-state index contributed by atoms with van der Waals surface area (Å²) in [7, 11) is -3.21. The molecule has 2 N–H and O–H groups in total. The SMILES string of the molecule is C[C@H](Cc1ccc(O)c(Br)c1)C(=O)N1CCC(C2(O)CCN(S(C)(=O)=O)CC2)CC1. The van der Waals surface area contributed by atoms with Crippen molar-refractivity contribution in [3.63, 3.8) is 0 Å². The molecule has 0 bridgehead atoms. The number of benzene rings is 1. The van der Waals surface area contributed by atoms with Gasteiger partial charge in [0.15, 0.2) is 0 Å². The molecule has 1 aromatic rings. The average molecular weight is 503 g/mol. The Morgan fingerprint density at radius 1 is 1.23 bits per heavy atom. The largest absolute Gasteiger partial charge is 0.507 e. The number of carbonyl (C=O) groups excluding carboxylic acids is 1. The maximum absolute atomic E-state index is 12.9. The quantitative estimate of drug-likeness (QED) is 0.643. The third kappa shape index (κ3) is 5.36. The van der Waals surface area contributed by atoms with Gasteiger partial charge < -0.3 is 15.1 Å². The lowest BCUT2D eigenvalue weighted by Gasteiger charge is -2.45. The zero-order valence-corrected chi connectivity index (χ0v) is 20.0. The van der Waals surface area contributed by atoms with Crippen LogP contribution in [0, 0.1) is 11.8 Å². The van der Waals surface area contributed by atoms with Gasteiger partial charge in [-0.05, 0) is 71.6 Å². The van der Waals surface area contributed by atoms with Crippen LogP contribution in [0.2, 0.25) is 0 Å². The van der Waals surface area contributed by atoms with Gasteiger partial charge >= 0.3 is 0 Å². The van der Waals surface area contributed by atoms with Gasteiger partial charge in [0.2, 0.25) is 15.9 Å². The molecule has 2 fully saturated rings. The molecule has 1 aromatic carbocycles. The van der Waals surface area contributed by atoms with Crippen molar-refractivity contribution in [3.05, 3.63) is 28.2 Å². The van der Waals surface area contributed by atoms with Gasteiger partial charge in [0, 0.05) is 32.1 Å². The van der Waals surface area contributed by atoms with E-state index in [4.69, 9.17) is 0 Å². The molecule has 1 atom stereocenters. The molecule has 2 saturated heterocycles. The van der Waals surface area contributed by atoms with Crippen molar-refractivity contribution in [1.82, 2.24) is 9.21 Å². The highest BCUT2D eigenvalue weighted by molar-refractivity contribution is 9.10. The molecule has 0 aromatic heterocycles. The van der Waals surface area contributed by atoms with Gasteiger partial charge in [-0.2, -0.15) is 0 Å². The highest BCUT2D eigenvalue weighted by atomic mass is 79.9. The highest BCUT2D eigenvalue weighted by Crippen LogP contribution is 2.37. The lowest BCUT2D eigenvalue weighted by molar-refractivity contribution is -0.139. The Bertz CT molecular complexity index is 875. The summed E-state index contributed by atoms with van der Waals surface area (Å²) in [6.07, 6.45) is 4.18. The van der Waals surface area contributed by atoms with E-state index >= 15 is 0 Å².